The summed E-state index contributed by atoms with van der Waals surface area (Å²) < 4.78 is 31.3. The lowest BCUT2D eigenvalue weighted by Gasteiger charge is -2.08. The second kappa shape index (κ2) is 9.17. The fourth-order valence-electron chi connectivity index (χ4n) is 3.01. The molecule has 0 atom stereocenters. The standard InChI is InChI=1S/C21H20F2N4O3/c1-3-27-13(2)24-16-12-15(8-10-17(16)27)20(29)26-25-19(28)11-9-14-6-4-5-7-18(14)30-21(22)23/h4-12,21H,3H2,1-2H3,(H,25,28)(H,26,29)/b11-9+. The molecule has 0 saturated heterocycles. The molecule has 0 aliphatic carbocycles. The Morgan fingerprint density at radius 2 is 1.97 bits per heavy atom. The first-order chi connectivity index (χ1) is 14.4. The van der Waals surface area contributed by atoms with E-state index in [-0.39, 0.29) is 5.75 Å². The number of carbonyl (C=O) groups excluding carboxylic acids is 2. The fraction of sp³-hybridized carbons (Fsp3) is 0.190. The summed E-state index contributed by atoms with van der Waals surface area (Å²) in [6.45, 7) is 1.69. The van der Waals surface area contributed by atoms with Crippen LogP contribution in [0.5, 0.6) is 5.75 Å². The van der Waals surface area contributed by atoms with Gasteiger partial charge in [-0.25, -0.2) is 4.98 Å². The molecule has 2 amide bonds. The zero-order valence-corrected chi connectivity index (χ0v) is 16.4. The van der Waals surface area contributed by atoms with Crippen LogP contribution in [0.15, 0.2) is 48.5 Å². The number of para-hydroxylation sites is 1. The number of rotatable bonds is 6. The van der Waals surface area contributed by atoms with Gasteiger partial charge in [-0.05, 0) is 44.2 Å². The van der Waals surface area contributed by atoms with Gasteiger partial charge in [-0.15, -0.1) is 0 Å². The van der Waals surface area contributed by atoms with Crippen molar-refractivity contribution in [3.05, 3.63) is 65.5 Å². The van der Waals surface area contributed by atoms with Crippen LogP contribution in [-0.4, -0.2) is 28.0 Å². The molecule has 30 heavy (non-hydrogen) atoms. The number of nitrogens with zero attached hydrogens (tertiary/aromatic N) is 2. The van der Waals surface area contributed by atoms with Crippen LogP contribution < -0.4 is 15.6 Å². The molecule has 0 unspecified atom stereocenters. The first-order valence-corrected chi connectivity index (χ1v) is 9.18. The van der Waals surface area contributed by atoms with Crippen molar-refractivity contribution in [2.75, 3.05) is 0 Å². The number of aromatic nitrogens is 2. The number of hydrogen-bond donors (Lipinski definition) is 2. The number of ether oxygens (including phenoxy) is 1. The van der Waals surface area contributed by atoms with Gasteiger partial charge in [0, 0.05) is 23.7 Å². The molecule has 1 heterocycles. The lowest BCUT2D eigenvalue weighted by Crippen LogP contribution is -2.40. The topological polar surface area (TPSA) is 85.3 Å². The van der Waals surface area contributed by atoms with E-state index >= 15 is 0 Å². The first-order valence-electron chi connectivity index (χ1n) is 9.18. The highest BCUT2D eigenvalue weighted by molar-refractivity contribution is 6.00. The molecule has 2 aromatic carbocycles. The van der Waals surface area contributed by atoms with Gasteiger partial charge < -0.3 is 9.30 Å². The summed E-state index contributed by atoms with van der Waals surface area (Å²) in [5.41, 5.74) is 6.79. The number of halogens is 2. The number of aryl methyl sites for hydroxylation is 2. The molecular weight excluding hydrogens is 394 g/mol. The van der Waals surface area contributed by atoms with Gasteiger partial charge >= 0.3 is 6.61 Å². The summed E-state index contributed by atoms with van der Waals surface area (Å²) in [6.07, 6.45) is 2.41. The summed E-state index contributed by atoms with van der Waals surface area (Å²) >= 11 is 0. The Morgan fingerprint density at radius 1 is 1.20 bits per heavy atom. The third kappa shape index (κ3) is 4.80. The van der Waals surface area contributed by atoms with Gasteiger partial charge in [0.25, 0.3) is 11.8 Å². The van der Waals surface area contributed by atoms with Crippen molar-refractivity contribution in [2.45, 2.75) is 27.0 Å². The third-order valence-corrected chi connectivity index (χ3v) is 4.37. The molecule has 3 aromatic rings. The fourth-order valence-corrected chi connectivity index (χ4v) is 3.01. The largest absolute Gasteiger partial charge is 0.434 e. The van der Waals surface area contributed by atoms with Crippen LogP contribution in [0.25, 0.3) is 17.1 Å². The number of benzene rings is 2. The van der Waals surface area contributed by atoms with E-state index in [4.69, 9.17) is 0 Å². The van der Waals surface area contributed by atoms with Gasteiger partial charge in [0.15, 0.2) is 0 Å². The minimum Gasteiger partial charge on any atom is -0.434 e. The molecule has 0 saturated carbocycles. The van der Waals surface area contributed by atoms with Crippen LogP contribution >= 0.6 is 0 Å². The van der Waals surface area contributed by atoms with Crippen LogP contribution in [0.3, 0.4) is 0 Å². The van der Waals surface area contributed by atoms with E-state index < -0.39 is 18.4 Å². The number of alkyl halides is 2. The smallest absolute Gasteiger partial charge is 0.387 e. The van der Waals surface area contributed by atoms with E-state index in [0.29, 0.717) is 16.6 Å². The maximum atomic E-state index is 12.4. The Bertz CT molecular complexity index is 1110. The number of hydrazine groups is 1. The van der Waals surface area contributed by atoms with E-state index in [9.17, 15) is 18.4 Å². The summed E-state index contributed by atoms with van der Waals surface area (Å²) in [4.78, 5) is 28.7. The highest BCUT2D eigenvalue weighted by atomic mass is 19.3. The lowest BCUT2D eigenvalue weighted by molar-refractivity contribution is -0.117. The number of hydrogen-bond acceptors (Lipinski definition) is 4. The summed E-state index contributed by atoms with van der Waals surface area (Å²) in [5.74, 6) is -0.360. The van der Waals surface area contributed by atoms with Crippen LogP contribution in [0.4, 0.5) is 8.78 Å². The van der Waals surface area contributed by atoms with Crippen molar-refractivity contribution in [1.29, 1.82) is 0 Å². The Kier molecular flexibility index (Phi) is 6.41. The van der Waals surface area contributed by atoms with E-state index in [0.717, 1.165) is 24.0 Å². The van der Waals surface area contributed by atoms with Gasteiger partial charge in [-0.3, -0.25) is 20.4 Å². The molecular formula is C21H20F2N4O3. The molecule has 1 aromatic heterocycles. The maximum absolute atomic E-state index is 12.4. The second-order valence-corrected chi connectivity index (χ2v) is 6.30. The molecule has 7 nitrogen and oxygen atoms in total. The monoisotopic (exact) mass is 414 g/mol. The van der Waals surface area contributed by atoms with Gasteiger partial charge in [0.05, 0.1) is 11.0 Å². The number of carbonyl (C=O) groups is 2. The Hall–Kier alpha value is -3.75. The van der Waals surface area contributed by atoms with E-state index in [2.05, 4.69) is 20.6 Å². The van der Waals surface area contributed by atoms with Crippen molar-refractivity contribution < 1.29 is 23.1 Å². The maximum Gasteiger partial charge on any atom is 0.387 e. The molecule has 0 bridgehead atoms. The molecule has 156 valence electrons. The zero-order valence-electron chi connectivity index (χ0n) is 16.4. The van der Waals surface area contributed by atoms with Crippen LogP contribution in [0.2, 0.25) is 0 Å². The van der Waals surface area contributed by atoms with Crippen molar-refractivity contribution in [3.63, 3.8) is 0 Å². The molecule has 9 heteroatoms. The van der Waals surface area contributed by atoms with E-state index in [1.165, 1.54) is 24.3 Å². The Balaban J connectivity index is 1.63. The third-order valence-electron chi connectivity index (χ3n) is 4.37. The Morgan fingerprint density at radius 3 is 2.70 bits per heavy atom. The number of amides is 2. The first kappa shape index (κ1) is 21.0. The number of fused-ring (bicyclic) bond motifs is 1. The van der Waals surface area contributed by atoms with Crippen LogP contribution in [-0.2, 0) is 11.3 Å². The SMILES string of the molecule is CCn1c(C)nc2cc(C(=O)NNC(=O)/C=C/c3ccccc3OC(F)F)ccc21. The molecule has 0 aliphatic heterocycles. The molecule has 0 radical (unpaired) electrons. The Labute approximate surface area is 171 Å². The summed E-state index contributed by atoms with van der Waals surface area (Å²) in [5, 5.41) is 0. The predicted octanol–water partition coefficient (Wildman–Crippen LogP) is 3.44. The second-order valence-electron chi connectivity index (χ2n) is 6.30. The van der Waals surface area contributed by atoms with E-state index in [1.54, 1.807) is 24.3 Å². The summed E-state index contributed by atoms with van der Waals surface area (Å²) in [7, 11) is 0. The minimum absolute atomic E-state index is 0.0595. The number of nitrogens with one attached hydrogen (secondary N) is 2. The number of imidazole rings is 1. The molecule has 0 spiro atoms. The van der Waals surface area contributed by atoms with Crippen molar-refractivity contribution in [3.8, 4) is 5.75 Å². The lowest BCUT2D eigenvalue weighted by atomic mass is 10.2. The van der Waals surface area contributed by atoms with Crippen LogP contribution in [0.1, 0.15) is 28.7 Å². The van der Waals surface area contributed by atoms with Gasteiger partial charge in [0.2, 0.25) is 0 Å². The highest BCUT2D eigenvalue weighted by Crippen LogP contribution is 2.21. The molecule has 0 fully saturated rings. The zero-order chi connectivity index (χ0) is 21.7. The molecule has 3 rings (SSSR count). The molecule has 0 aliphatic rings. The van der Waals surface area contributed by atoms with Crippen molar-refractivity contribution in [2.24, 2.45) is 0 Å². The van der Waals surface area contributed by atoms with Gasteiger partial charge in [-0.2, -0.15) is 8.78 Å². The van der Waals surface area contributed by atoms with Crippen molar-refractivity contribution in [1.82, 2.24) is 20.4 Å². The van der Waals surface area contributed by atoms with Gasteiger partial charge in [0.1, 0.15) is 11.6 Å². The minimum atomic E-state index is -2.97. The average molecular weight is 414 g/mol. The normalized spacial score (nSPS) is 11.2. The predicted molar refractivity (Wildman–Crippen MR) is 108 cm³/mol. The summed E-state index contributed by atoms with van der Waals surface area (Å²) in [6, 6.07) is 11.1. The van der Waals surface area contributed by atoms with Crippen molar-refractivity contribution >= 4 is 28.9 Å². The quantitative estimate of drug-likeness (QED) is 0.478. The van der Waals surface area contributed by atoms with Crippen LogP contribution in [0, 0.1) is 6.92 Å². The average Bonchev–Trinajstić information content (AvgIpc) is 3.04. The van der Waals surface area contributed by atoms with Gasteiger partial charge in [-0.1, -0.05) is 18.2 Å². The highest BCUT2D eigenvalue weighted by Gasteiger charge is 2.12. The molecule has 2 N–H and O–H groups in total. The van der Waals surface area contributed by atoms with E-state index in [1.807, 2.05) is 18.4 Å².